The molecular weight excluding hydrogens is 326 g/mol. The topological polar surface area (TPSA) is 74.4 Å². The van der Waals surface area contributed by atoms with Gasteiger partial charge in [-0.3, -0.25) is 0 Å². The summed E-state index contributed by atoms with van der Waals surface area (Å²) in [5, 5.41) is 3.36. The average molecular weight is 349 g/mol. The molecule has 0 bridgehead atoms. The number of benzene rings is 1. The molecule has 0 unspecified atom stereocenters. The van der Waals surface area contributed by atoms with Gasteiger partial charge in [-0.05, 0) is 22.8 Å². The van der Waals surface area contributed by atoms with E-state index in [1.54, 1.807) is 0 Å². The fourth-order valence-electron chi connectivity index (χ4n) is 2.79. The third kappa shape index (κ3) is 4.45. The van der Waals surface area contributed by atoms with Crippen molar-refractivity contribution in [3.05, 3.63) is 59.4 Å². The Labute approximate surface area is 142 Å². The van der Waals surface area contributed by atoms with E-state index in [2.05, 4.69) is 10.3 Å². The first-order valence-electron chi connectivity index (χ1n) is 8.10. The number of aromatic amines is 1. The Morgan fingerprint density at radius 3 is 2.54 bits per heavy atom. The van der Waals surface area contributed by atoms with Gasteiger partial charge in [0.25, 0.3) is 0 Å². The Morgan fingerprint density at radius 1 is 1.08 bits per heavy atom. The number of ether oxygens (including phenoxy) is 1. The standard InChI is InChI=1S/C17H23N3O3S/c21-24(22,20-7-9-23-10-8-20)14-17-4-2-1-3-16(17)13-19-12-15-5-6-18-11-15/h1-6,11,18-19H,7-10,12-14H2. The largest absolute Gasteiger partial charge is 0.379 e. The molecule has 0 spiro atoms. The van der Waals surface area contributed by atoms with Crippen LogP contribution in [0.3, 0.4) is 0 Å². The van der Waals surface area contributed by atoms with Crippen molar-refractivity contribution in [2.45, 2.75) is 18.8 Å². The van der Waals surface area contributed by atoms with Crippen LogP contribution in [0.1, 0.15) is 16.7 Å². The molecule has 1 fully saturated rings. The van der Waals surface area contributed by atoms with Crippen molar-refractivity contribution in [2.24, 2.45) is 0 Å². The fraction of sp³-hybridized carbons (Fsp3) is 0.412. The van der Waals surface area contributed by atoms with E-state index in [-0.39, 0.29) is 5.75 Å². The maximum Gasteiger partial charge on any atom is 0.218 e. The quantitative estimate of drug-likeness (QED) is 0.794. The van der Waals surface area contributed by atoms with Crippen LogP contribution in [-0.2, 0) is 33.6 Å². The minimum Gasteiger partial charge on any atom is -0.379 e. The van der Waals surface area contributed by atoms with E-state index in [1.807, 2.05) is 42.7 Å². The molecule has 0 aliphatic carbocycles. The number of hydrogen-bond donors (Lipinski definition) is 2. The Bertz CT molecular complexity index is 738. The summed E-state index contributed by atoms with van der Waals surface area (Å²) in [4.78, 5) is 3.02. The number of hydrogen-bond acceptors (Lipinski definition) is 4. The summed E-state index contributed by atoms with van der Waals surface area (Å²) in [7, 11) is -3.31. The predicted octanol–water partition coefficient (Wildman–Crippen LogP) is 1.47. The van der Waals surface area contributed by atoms with Crippen LogP contribution in [0.4, 0.5) is 0 Å². The number of nitrogens with zero attached hydrogens (tertiary/aromatic N) is 1. The van der Waals surface area contributed by atoms with E-state index in [0.717, 1.165) is 17.7 Å². The van der Waals surface area contributed by atoms with Gasteiger partial charge in [0, 0.05) is 38.6 Å². The van der Waals surface area contributed by atoms with Gasteiger partial charge >= 0.3 is 0 Å². The van der Waals surface area contributed by atoms with E-state index in [4.69, 9.17) is 4.74 Å². The van der Waals surface area contributed by atoms with Crippen molar-refractivity contribution >= 4 is 10.0 Å². The van der Waals surface area contributed by atoms with Crippen LogP contribution in [0.5, 0.6) is 0 Å². The smallest absolute Gasteiger partial charge is 0.218 e. The summed E-state index contributed by atoms with van der Waals surface area (Å²) >= 11 is 0. The van der Waals surface area contributed by atoms with E-state index >= 15 is 0 Å². The highest BCUT2D eigenvalue weighted by atomic mass is 32.2. The zero-order valence-corrected chi connectivity index (χ0v) is 14.4. The van der Waals surface area contributed by atoms with Gasteiger partial charge in [-0.25, -0.2) is 8.42 Å². The van der Waals surface area contributed by atoms with Gasteiger partial charge in [0.15, 0.2) is 0 Å². The van der Waals surface area contributed by atoms with Gasteiger partial charge in [0.1, 0.15) is 0 Å². The summed E-state index contributed by atoms with van der Waals surface area (Å²) in [6.45, 7) is 3.21. The van der Waals surface area contributed by atoms with Crippen molar-refractivity contribution in [2.75, 3.05) is 26.3 Å². The molecular formula is C17H23N3O3S. The van der Waals surface area contributed by atoms with E-state index in [0.29, 0.717) is 32.8 Å². The van der Waals surface area contributed by atoms with Gasteiger partial charge in [-0.15, -0.1) is 0 Å². The second kappa shape index (κ2) is 7.94. The zero-order chi connectivity index (χ0) is 16.8. The Balaban J connectivity index is 1.64. The van der Waals surface area contributed by atoms with Gasteiger partial charge in [-0.2, -0.15) is 4.31 Å². The third-order valence-corrected chi connectivity index (χ3v) is 5.95. The molecule has 1 saturated heterocycles. The highest BCUT2D eigenvalue weighted by molar-refractivity contribution is 7.88. The number of nitrogens with one attached hydrogen (secondary N) is 2. The maximum absolute atomic E-state index is 12.6. The number of morpholine rings is 1. The van der Waals surface area contributed by atoms with Crippen molar-refractivity contribution in [1.82, 2.24) is 14.6 Å². The first-order chi connectivity index (χ1) is 11.6. The van der Waals surface area contributed by atoms with Crippen LogP contribution in [0.25, 0.3) is 0 Å². The Kier molecular flexibility index (Phi) is 5.68. The van der Waals surface area contributed by atoms with Crippen LogP contribution < -0.4 is 5.32 Å². The monoisotopic (exact) mass is 349 g/mol. The lowest BCUT2D eigenvalue weighted by Crippen LogP contribution is -2.41. The first kappa shape index (κ1) is 17.2. The number of H-pyrrole nitrogens is 1. The molecule has 1 aromatic carbocycles. The molecule has 2 heterocycles. The minimum atomic E-state index is -3.31. The second-order valence-corrected chi connectivity index (χ2v) is 7.83. The fourth-order valence-corrected chi connectivity index (χ4v) is 4.36. The number of aromatic nitrogens is 1. The van der Waals surface area contributed by atoms with Crippen molar-refractivity contribution in [1.29, 1.82) is 0 Å². The van der Waals surface area contributed by atoms with Gasteiger partial charge in [-0.1, -0.05) is 24.3 Å². The SMILES string of the molecule is O=S(=O)(Cc1ccccc1CNCc1cc[nH]c1)N1CCOCC1. The van der Waals surface area contributed by atoms with Crippen molar-refractivity contribution in [3.63, 3.8) is 0 Å². The van der Waals surface area contributed by atoms with Crippen LogP contribution in [0, 0.1) is 0 Å². The summed E-state index contributed by atoms with van der Waals surface area (Å²) < 4.78 is 32.0. The van der Waals surface area contributed by atoms with Crippen LogP contribution in [0.2, 0.25) is 0 Å². The van der Waals surface area contributed by atoms with Crippen LogP contribution >= 0.6 is 0 Å². The van der Waals surface area contributed by atoms with Gasteiger partial charge in [0.05, 0.1) is 19.0 Å². The molecule has 0 saturated carbocycles. The molecule has 2 aromatic rings. The average Bonchev–Trinajstić information content (AvgIpc) is 3.10. The highest BCUT2D eigenvalue weighted by Crippen LogP contribution is 2.16. The molecule has 0 amide bonds. The summed E-state index contributed by atoms with van der Waals surface area (Å²) in [6.07, 6.45) is 3.83. The van der Waals surface area contributed by atoms with Gasteiger partial charge < -0.3 is 15.0 Å². The molecule has 130 valence electrons. The first-order valence-corrected chi connectivity index (χ1v) is 9.71. The molecule has 24 heavy (non-hydrogen) atoms. The molecule has 1 aliphatic heterocycles. The molecule has 0 atom stereocenters. The number of sulfonamides is 1. The lowest BCUT2D eigenvalue weighted by molar-refractivity contribution is 0.0729. The molecule has 6 nitrogen and oxygen atoms in total. The summed E-state index contributed by atoms with van der Waals surface area (Å²) in [5.74, 6) is 0.0367. The second-order valence-electron chi connectivity index (χ2n) is 5.86. The number of rotatable bonds is 7. The molecule has 2 N–H and O–H groups in total. The van der Waals surface area contributed by atoms with E-state index in [1.165, 1.54) is 9.87 Å². The van der Waals surface area contributed by atoms with E-state index < -0.39 is 10.0 Å². The zero-order valence-electron chi connectivity index (χ0n) is 13.6. The van der Waals surface area contributed by atoms with E-state index in [9.17, 15) is 8.42 Å². The Hall–Kier alpha value is -1.67. The summed E-state index contributed by atoms with van der Waals surface area (Å²) in [6, 6.07) is 9.72. The molecule has 3 rings (SSSR count). The third-order valence-electron chi connectivity index (χ3n) is 4.13. The van der Waals surface area contributed by atoms with Crippen LogP contribution in [0.15, 0.2) is 42.7 Å². The van der Waals surface area contributed by atoms with Gasteiger partial charge in [0.2, 0.25) is 10.0 Å². The highest BCUT2D eigenvalue weighted by Gasteiger charge is 2.25. The Morgan fingerprint density at radius 2 is 1.83 bits per heavy atom. The summed E-state index contributed by atoms with van der Waals surface area (Å²) in [5.41, 5.74) is 3.05. The van der Waals surface area contributed by atoms with Crippen LogP contribution in [-0.4, -0.2) is 44.0 Å². The molecule has 0 radical (unpaired) electrons. The van der Waals surface area contributed by atoms with Crippen molar-refractivity contribution < 1.29 is 13.2 Å². The lowest BCUT2D eigenvalue weighted by atomic mass is 10.1. The molecule has 1 aromatic heterocycles. The molecule has 7 heteroatoms. The normalized spacial score (nSPS) is 16.3. The maximum atomic E-state index is 12.6. The lowest BCUT2D eigenvalue weighted by Gasteiger charge is -2.26. The predicted molar refractivity (Wildman–Crippen MR) is 92.8 cm³/mol. The minimum absolute atomic E-state index is 0.0367. The van der Waals surface area contributed by atoms with Crippen molar-refractivity contribution in [3.8, 4) is 0 Å². The molecule has 1 aliphatic rings.